The van der Waals surface area contributed by atoms with E-state index in [0.717, 1.165) is 12.7 Å². The molecule has 0 aliphatic carbocycles. The zero-order valence-electron chi connectivity index (χ0n) is 14.8. The van der Waals surface area contributed by atoms with Crippen LogP contribution in [0.25, 0.3) is 0 Å². The lowest BCUT2D eigenvalue weighted by atomic mass is 10.2. The zero-order valence-corrected chi connectivity index (χ0v) is 19.9. The Morgan fingerprint density at radius 1 is 1.10 bits per heavy atom. The quantitative estimate of drug-likeness (QED) is 0.205. The van der Waals surface area contributed by atoms with Crippen molar-refractivity contribution in [2.75, 3.05) is 0 Å². The Kier molecular flexibility index (Phi) is 7.84. The van der Waals surface area contributed by atoms with E-state index in [0.29, 0.717) is 21.9 Å². The molecule has 0 bridgehead atoms. The maximum atomic E-state index is 13.8. The molecule has 0 saturated carbocycles. The van der Waals surface area contributed by atoms with E-state index in [2.05, 4.69) is 55.7 Å². The second-order valence-corrected chi connectivity index (χ2v) is 8.66. The van der Waals surface area contributed by atoms with Crippen LogP contribution in [0.2, 0.25) is 5.02 Å². The van der Waals surface area contributed by atoms with E-state index in [1.807, 2.05) is 12.1 Å². The maximum absolute atomic E-state index is 13.8. The molecule has 148 valence electrons. The number of hydrogen-bond donors (Lipinski definition) is 1. The van der Waals surface area contributed by atoms with Crippen LogP contribution >= 0.6 is 56.8 Å². The number of rotatable bonds is 6. The molecule has 3 aromatic rings. The molecule has 0 aromatic heterocycles. The molecule has 0 aliphatic rings. The summed E-state index contributed by atoms with van der Waals surface area (Å²) in [4.78, 5) is 12.1. The molecule has 4 nitrogen and oxygen atoms in total. The van der Waals surface area contributed by atoms with Gasteiger partial charge in [0.2, 0.25) is 0 Å². The molecular weight excluding hydrogens is 621 g/mol. The van der Waals surface area contributed by atoms with Gasteiger partial charge in [-0.05, 0) is 87.1 Å². The van der Waals surface area contributed by atoms with Gasteiger partial charge in [-0.15, -0.1) is 0 Å². The highest BCUT2D eigenvalue weighted by atomic mass is 127. The summed E-state index contributed by atoms with van der Waals surface area (Å²) in [5, 5.41) is 4.48. The molecule has 3 aromatic carbocycles. The van der Waals surface area contributed by atoms with Gasteiger partial charge in [-0.1, -0.05) is 35.9 Å². The Labute approximate surface area is 199 Å². The minimum atomic E-state index is -0.349. The van der Waals surface area contributed by atoms with Crippen LogP contribution in [0.5, 0.6) is 5.75 Å². The maximum Gasteiger partial charge on any atom is 0.271 e. The minimum Gasteiger partial charge on any atom is -0.487 e. The van der Waals surface area contributed by atoms with Crippen LogP contribution in [0, 0.1) is 13.0 Å². The van der Waals surface area contributed by atoms with Crippen molar-refractivity contribution in [3.05, 3.63) is 95.3 Å². The molecule has 0 atom stereocenters. The predicted octanol–water partition coefficient (Wildman–Crippen LogP) is 6.03. The van der Waals surface area contributed by atoms with Gasteiger partial charge >= 0.3 is 0 Å². The second kappa shape index (κ2) is 10.4. The van der Waals surface area contributed by atoms with Gasteiger partial charge in [0.1, 0.15) is 18.2 Å². The molecular formula is C21H14ClFI2N2O2. The molecule has 1 amide bonds. The van der Waals surface area contributed by atoms with Crippen molar-refractivity contribution in [2.45, 2.75) is 6.61 Å². The zero-order chi connectivity index (χ0) is 20.8. The average Bonchev–Trinajstić information content (AvgIpc) is 2.68. The number of nitrogens with one attached hydrogen (secondary N) is 1. The van der Waals surface area contributed by atoms with Gasteiger partial charge in [-0.3, -0.25) is 4.79 Å². The fourth-order valence-corrected chi connectivity index (χ4v) is 4.73. The highest BCUT2D eigenvalue weighted by Gasteiger charge is 2.10. The first-order chi connectivity index (χ1) is 13.9. The molecule has 1 N–H and O–H groups in total. The number of benzene rings is 3. The summed E-state index contributed by atoms with van der Waals surface area (Å²) in [6.45, 7) is 0.141. The number of hydrogen-bond acceptors (Lipinski definition) is 3. The molecule has 0 fully saturated rings. The monoisotopic (exact) mass is 634 g/mol. The number of carbonyl (C=O) groups is 1. The van der Waals surface area contributed by atoms with Crippen LogP contribution in [0.1, 0.15) is 21.5 Å². The lowest BCUT2D eigenvalue weighted by Gasteiger charge is -2.12. The number of hydrazone groups is 1. The third kappa shape index (κ3) is 6.13. The minimum absolute atomic E-state index is 0.141. The third-order valence-electron chi connectivity index (χ3n) is 3.82. The number of nitrogens with zero attached hydrogens (tertiary/aromatic N) is 1. The van der Waals surface area contributed by atoms with Crippen LogP contribution in [-0.4, -0.2) is 12.1 Å². The van der Waals surface area contributed by atoms with Crippen LogP contribution in [0.15, 0.2) is 65.8 Å². The van der Waals surface area contributed by atoms with E-state index in [-0.39, 0.29) is 18.3 Å². The Morgan fingerprint density at radius 2 is 1.83 bits per heavy atom. The third-order valence-corrected chi connectivity index (χ3v) is 5.65. The van der Waals surface area contributed by atoms with Gasteiger partial charge in [-0.2, -0.15) is 5.10 Å². The van der Waals surface area contributed by atoms with E-state index in [1.54, 1.807) is 48.7 Å². The van der Waals surface area contributed by atoms with E-state index < -0.39 is 0 Å². The topological polar surface area (TPSA) is 50.7 Å². The predicted molar refractivity (Wildman–Crippen MR) is 129 cm³/mol. The molecule has 0 unspecified atom stereocenters. The lowest BCUT2D eigenvalue weighted by Crippen LogP contribution is -2.17. The van der Waals surface area contributed by atoms with Crippen LogP contribution < -0.4 is 10.2 Å². The van der Waals surface area contributed by atoms with Gasteiger partial charge in [0.25, 0.3) is 5.91 Å². The van der Waals surface area contributed by atoms with Gasteiger partial charge in [0, 0.05) is 16.1 Å². The number of halogens is 4. The summed E-state index contributed by atoms with van der Waals surface area (Å²) in [5.41, 5.74) is 4.19. The highest BCUT2D eigenvalue weighted by Crippen LogP contribution is 2.29. The van der Waals surface area contributed by atoms with Gasteiger partial charge in [0.05, 0.1) is 13.4 Å². The normalized spacial score (nSPS) is 10.9. The molecule has 0 spiro atoms. The van der Waals surface area contributed by atoms with Crippen LogP contribution in [0.4, 0.5) is 4.39 Å². The first kappa shape index (κ1) is 22.0. The standard InChI is InChI=1S/C21H14ClFI2N2O2/c22-16-6-3-5-14(10-16)21(28)27-26-11-13-8-18(24)20(19(25)9-13)29-12-15-4-1-2-7-17(15)23/h1-11H,12H2,(H,27,28)/b26-11+. The average molecular weight is 635 g/mol. The summed E-state index contributed by atoms with van der Waals surface area (Å²) in [5.74, 6) is 0.0317. The van der Waals surface area contributed by atoms with E-state index in [9.17, 15) is 9.18 Å². The first-order valence-electron chi connectivity index (χ1n) is 8.38. The summed E-state index contributed by atoms with van der Waals surface area (Å²) in [7, 11) is 0. The number of ether oxygens (including phenoxy) is 1. The van der Waals surface area contributed by atoms with Crippen LogP contribution in [-0.2, 0) is 6.61 Å². The lowest BCUT2D eigenvalue weighted by molar-refractivity contribution is 0.0955. The smallest absolute Gasteiger partial charge is 0.271 e. The first-order valence-corrected chi connectivity index (χ1v) is 10.9. The van der Waals surface area contributed by atoms with E-state index in [1.165, 1.54) is 6.07 Å². The summed E-state index contributed by atoms with van der Waals surface area (Å²) >= 11 is 10.2. The fraction of sp³-hybridized carbons (Fsp3) is 0.0476. The van der Waals surface area contributed by atoms with Crippen molar-refractivity contribution in [1.29, 1.82) is 0 Å². The van der Waals surface area contributed by atoms with Crippen molar-refractivity contribution >= 4 is 68.9 Å². The molecule has 0 aliphatic heterocycles. The molecule has 29 heavy (non-hydrogen) atoms. The molecule has 8 heteroatoms. The van der Waals surface area contributed by atoms with Crippen LogP contribution in [0.3, 0.4) is 0 Å². The Bertz CT molecular complexity index is 1050. The molecule has 0 saturated heterocycles. The Balaban J connectivity index is 1.66. The van der Waals surface area contributed by atoms with E-state index >= 15 is 0 Å². The van der Waals surface area contributed by atoms with Gasteiger partial charge < -0.3 is 4.74 Å². The number of carbonyl (C=O) groups excluding carboxylic acids is 1. The summed E-state index contributed by atoms with van der Waals surface area (Å²) in [6.07, 6.45) is 1.55. The van der Waals surface area contributed by atoms with E-state index in [4.69, 9.17) is 16.3 Å². The fourth-order valence-electron chi connectivity index (χ4n) is 2.42. The van der Waals surface area contributed by atoms with Crippen molar-refractivity contribution in [1.82, 2.24) is 5.43 Å². The summed E-state index contributed by atoms with van der Waals surface area (Å²) in [6, 6.07) is 16.9. The van der Waals surface area contributed by atoms with Crippen molar-refractivity contribution in [3.8, 4) is 5.75 Å². The highest BCUT2D eigenvalue weighted by molar-refractivity contribution is 14.1. The van der Waals surface area contributed by atoms with Gasteiger partial charge in [-0.25, -0.2) is 9.82 Å². The van der Waals surface area contributed by atoms with Crippen molar-refractivity contribution in [2.24, 2.45) is 5.10 Å². The van der Waals surface area contributed by atoms with Crippen molar-refractivity contribution < 1.29 is 13.9 Å². The molecule has 0 heterocycles. The molecule has 0 radical (unpaired) electrons. The van der Waals surface area contributed by atoms with Gasteiger partial charge in [0.15, 0.2) is 0 Å². The van der Waals surface area contributed by atoms with Crippen molar-refractivity contribution in [3.63, 3.8) is 0 Å². The molecule has 3 rings (SSSR count). The summed E-state index contributed by atoms with van der Waals surface area (Å²) < 4.78 is 21.3. The number of amides is 1. The Hall–Kier alpha value is -1.72. The SMILES string of the molecule is O=C(N/N=C/c1cc(I)c(OCc2ccccc2F)c(I)c1)c1cccc(Cl)c1. The largest absolute Gasteiger partial charge is 0.487 e. The second-order valence-electron chi connectivity index (χ2n) is 5.90. The Morgan fingerprint density at radius 3 is 2.52 bits per heavy atom.